The average molecular weight is 379 g/mol. The van der Waals surface area contributed by atoms with Crippen LogP contribution in [-0.2, 0) is 4.74 Å². The molecule has 120 valence electrons. The molecule has 2 rings (SSSR count). The number of alkyl halides is 1. The van der Waals surface area contributed by atoms with Gasteiger partial charge in [-0.1, -0.05) is 40.2 Å². The SMILES string of the molecule is COC(=O)c1cccc(OC(=O)c2ccccc2)c1OCCBr. The topological polar surface area (TPSA) is 61.8 Å². The van der Waals surface area contributed by atoms with Gasteiger partial charge in [0.1, 0.15) is 5.56 Å². The first-order valence-electron chi connectivity index (χ1n) is 6.84. The molecule has 0 fully saturated rings. The van der Waals surface area contributed by atoms with E-state index in [0.717, 1.165) is 0 Å². The normalized spacial score (nSPS) is 10.0. The Morgan fingerprint density at radius 2 is 1.74 bits per heavy atom. The molecule has 0 bridgehead atoms. The molecular weight excluding hydrogens is 364 g/mol. The molecule has 2 aromatic rings. The maximum absolute atomic E-state index is 12.2. The van der Waals surface area contributed by atoms with Gasteiger partial charge in [0.25, 0.3) is 0 Å². The van der Waals surface area contributed by atoms with Crippen LogP contribution in [0.1, 0.15) is 20.7 Å². The van der Waals surface area contributed by atoms with Gasteiger partial charge in [0.15, 0.2) is 11.5 Å². The number of hydrogen-bond acceptors (Lipinski definition) is 5. The summed E-state index contributed by atoms with van der Waals surface area (Å²) in [5.41, 5.74) is 0.606. The number of carbonyl (C=O) groups is 2. The van der Waals surface area contributed by atoms with Crippen molar-refractivity contribution >= 4 is 27.9 Å². The fraction of sp³-hybridized carbons (Fsp3) is 0.176. The van der Waals surface area contributed by atoms with Crippen LogP contribution in [0.15, 0.2) is 48.5 Å². The molecule has 2 aromatic carbocycles. The number of hydrogen-bond donors (Lipinski definition) is 0. The first-order valence-corrected chi connectivity index (χ1v) is 7.97. The zero-order valence-electron chi connectivity index (χ0n) is 12.5. The molecule has 0 N–H and O–H groups in total. The minimum Gasteiger partial charge on any atom is -0.488 e. The number of carbonyl (C=O) groups excluding carboxylic acids is 2. The highest BCUT2D eigenvalue weighted by Gasteiger charge is 2.20. The molecule has 0 aliphatic carbocycles. The second kappa shape index (κ2) is 8.33. The molecule has 0 saturated heterocycles. The predicted molar refractivity (Wildman–Crippen MR) is 88.5 cm³/mol. The van der Waals surface area contributed by atoms with E-state index in [1.165, 1.54) is 7.11 Å². The van der Waals surface area contributed by atoms with Crippen LogP contribution in [0.2, 0.25) is 0 Å². The summed E-state index contributed by atoms with van der Waals surface area (Å²) in [6, 6.07) is 13.3. The monoisotopic (exact) mass is 378 g/mol. The molecule has 0 unspecified atom stereocenters. The summed E-state index contributed by atoms with van der Waals surface area (Å²) in [4.78, 5) is 24.0. The maximum atomic E-state index is 12.2. The first-order chi connectivity index (χ1) is 11.2. The van der Waals surface area contributed by atoms with E-state index in [9.17, 15) is 9.59 Å². The molecule has 0 aliphatic rings. The third kappa shape index (κ3) is 4.32. The summed E-state index contributed by atoms with van der Waals surface area (Å²) in [5.74, 6) is -0.741. The Hall–Kier alpha value is -2.34. The van der Waals surface area contributed by atoms with Gasteiger partial charge in [-0.3, -0.25) is 0 Å². The van der Waals surface area contributed by atoms with Gasteiger partial charge in [0.05, 0.1) is 19.3 Å². The Labute approximate surface area is 142 Å². The van der Waals surface area contributed by atoms with Crippen molar-refractivity contribution in [3.8, 4) is 11.5 Å². The van der Waals surface area contributed by atoms with Gasteiger partial charge < -0.3 is 14.2 Å². The lowest BCUT2D eigenvalue weighted by molar-refractivity contribution is 0.0591. The minimum atomic E-state index is -0.563. The van der Waals surface area contributed by atoms with Gasteiger partial charge in [-0.05, 0) is 24.3 Å². The number of rotatable bonds is 6. The second-order valence-electron chi connectivity index (χ2n) is 4.42. The van der Waals surface area contributed by atoms with Crippen molar-refractivity contribution in [3.63, 3.8) is 0 Å². The summed E-state index contributed by atoms with van der Waals surface area (Å²) >= 11 is 3.25. The van der Waals surface area contributed by atoms with Crippen LogP contribution >= 0.6 is 15.9 Å². The Bertz CT molecular complexity index is 685. The van der Waals surface area contributed by atoms with Crippen molar-refractivity contribution < 1.29 is 23.8 Å². The van der Waals surface area contributed by atoms with Crippen LogP contribution in [0.4, 0.5) is 0 Å². The van der Waals surface area contributed by atoms with E-state index in [4.69, 9.17) is 14.2 Å². The van der Waals surface area contributed by atoms with Gasteiger partial charge in [-0.15, -0.1) is 0 Å². The van der Waals surface area contributed by atoms with Gasteiger partial charge in [0, 0.05) is 5.33 Å². The van der Waals surface area contributed by atoms with Crippen molar-refractivity contribution in [3.05, 3.63) is 59.7 Å². The molecule has 0 aliphatic heterocycles. The number of esters is 2. The van der Waals surface area contributed by atoms with E-state index in [1.807, 2.05) is 0 Å². The largest absolute Gasteiger partial charge is 0.488 e. The minimum absolute atomic E-state index is 0.169. The zero-order valence-corrected chi connectivity index (χ0v) is 14.0. The zero-order chi connectivity index (χ0) is 16.7. The van der Waals surface area contributed by atoms with Crippen LogP contribution in [0, 0.1) is 0 Å². The quantitative estimate of drug-likeness (QED) is 0.437. The third-order valence-electron chi connectivity index (χ3n) is 2.92. The van der Waals surface area contributed by atoms with E-state index < -0.39 is 11.9 Å². The van der Waals surface area contributed by atoms with Crippen LogP contribution < -0.4 is 9.47 Å². The van der Waals surface area contributed by atoms with Crippen LogP contribution in [0.3, 0.4) is 0 Å². The highest BCUT2D eigenvalue weighted by Crippen LogP contribution is 2.32. The first kappa shape index (κ1) is 17.0. The fourth-order valence-corrected chi connectivity index (χ4v) is 2.05. The summed E-state index contributed by atoms with van der Waals surface area (Å²) in [6.07, 6.45) is 0. The molecule has 23 heavy (non-hydrogen) atoms. The summed E-state index contributed by atoms with van der Waals surface area (Å²) in [6.45, 7) is 0.309. The molecule has 5 nitrogen and oxygen atoms in total. The van der Waals surface area contributed by atoms with Gasteiger partial charge in [-0.2, -0.15) is 0 Å². The Morgan fingerprint density at radius 3 is 2.39 bits per heavy atom. The van der Waals surface area contributed by atoms with E-state index in [-0.39, 0.29) is 17.1 Å². The van der Waals surface area contributed by atoms with E-state index >= 15 is 0 Å². The van der Waals surface area contributed by atoms with Gasteiger partial charge in [0.2, 0.25) is 0 Å². The molecule has 6 heteroatoms. The summed E-state index contributed by atoms with van der Waals surface area (Å²) in [7, 11) is 1.28. The molecule has 0 atom stereocenters. The number of ether oxygens (including phenoxy) is 3. The lowest BCUT2D eigenvalue weighted by Crippen LogP contribution is -2.12. The van der Waals surface area contributed by atoms with Crippen LogP contribution in [0.5, 0.6) is 11.5 Å². The third-order valence-corrected chi connectivity index (χ3v) is 3.24. The highest BCUT2D eigenvalue weighted by molar-refractivity contribution is 9.09. The summed E-state index contributed by atoms with van der Waals surface area (Å²) < 4.78 is 15.7. The number of methoxy groups -OCH3 is 1. The Kier molecular flexibility index (Phi) is 6.17. The molecule has 0 aromatic heterocycles. The number of benzene rings is 2. The smallest absolute Gasteiger partial charge is 0.343 e. The second-order valence-corrected chi connectivity index (χ2v) is 5.21. The van der Waals surface area contributed by atoms with Crippen LogP contribution in [0.25, 0.3) is 0 Å². The molecule has 0 spiro atoms. The maximum Gasteiger partial charge on any atom is 0.343 e. The van der Waals surface area contributed by atoms with Crippen molar-refractivity contribution in [2.45, 2.75) is 0 Å². The molecule has 0 amide bonds. The molecular formula is C17H15BrO5. The van der Waals surface area contributed by atoms with E-state index in [0.29, 0.717) is 17.5 Å². The number of para-hydroxylation sites is 1. The van der Waals surface area contributed by atoms with Crippen molar-refractivity contribution in [2.75, 3.05) is 19.0 Å². The van der Waals surface area contributed by atoms with Crippen molar-refractivity contribution in [2.24, 2.45) is 0 Å². The molecule has 0 heterocycles. The van der Waals surface area contributed by atoms with E-state index in [1.54, 1.807) is 48.5 Å². The van der Waals surface area contributed by atoms with Crippen molar-refractivity contribution in [1.82, 2.24) is 0 Å². The molecule has 0 saturated carbocycles. The number of halogens is 1. The lowest BCUT2D eigenvalue weighted by atomic mass is 10.2. The standard InChI is InChI=1S/C17H15BrO5/c1-21-17(20)13-8-5-9-14(15(13)22-11-10-18)23-16(19)12-6-3-2-4-7-12/h2-9H,10-11H2,1H3. The highest BCUT2D eigenvalue weighted by atomic mass is 79.9. The average Bonchev–Trinajstić information content (AvgIpc) is 2.60. The fourth-order valence-electron chi connectivity index (χ4n) is 1.89. The van der Waals surface area contributed by atoms with Gasteiger partial charge >= 0.3 is 11.9 Å². The predicted octanol–water partition coefficient (Wildman–Crippen LogP) is 3.47. The lowest BCUT2D eigenvalue weighted by Gasteiger charge is -2.14. The van der Waals surface area contributed by atoms with Crippen LogP contribution in [-0.4, -0.2) is 31.0 Å². The Morgan fingerprint density at radius 1 is 1.00 bits per heavy atom. The Balaban J connectivity index is 2.33. The molecule has 0 radical (unpaired) electrons. The van der Waals surface area contributed by atoms with Gasteiger partial charge in [-0.25, -0.2) is 9.59 Å². The van der Waals surface area contributed by atoms with E-state index in [2.05, 4.69) is 15.9 Å². The van der Waals surface area contributed by atoms with Crippen molar-refractivity contribution in [1.29, 1.82) is 0 Å². The summed E-state index contributed by atoms with van der Waals surface area (Å²) in [5, 5.41) is 0.564.